The second-order valence-corrected chi connectivity index (χ2v) is 2.60. The molecule has 13 heavy (non-hydrogen) atoms. The summed E-state index contributed by atoms with van der Waals surface area (Å²) in [6, 6.07) is 5.42. The number of H-pyrrole nitrogens is 1. The first-order valence-electron chi connectivity index (χ1n) is 3.83. The summed E-state index contributed by atoms with van der Waals surface area (Å²) in [4.78, 5) is 17.6. The molecule has 0 spiro atoms. The Morgan fingerprint density at radius 3 is 3.08 bits per heavy atom. The Bertz CT molecular complexity index is 490. The van der Waals surface area contributed by atoms with E-state index in [9.17, 15) is 4.79 Å². The molecule has 0 fully saturated rings. The van der Waals surface area contributed by atoms with Crippen LogP contribution >= 0.6 is 0 Å². The van der Waals surface area contributed by atoms with Crippen LogP contribution in [-0.4, -0.2) is 17.1 Å². The van der Waals surface area contributed by atoms with Crippen molar-refractivity contribution < 1.29 is 4.74 Å². The first-order chi connectivity index (χ1) is 6.31. The fourth-order valence-corrected chi connectivity index (χ4v) is 1.21. The molecule has 66 valence electrons. The summed E-state index contributed by atoms with van der Waals surface area (Å²) in [5.74, 6) is 0.628. The second kappa shape index (κ2) is 2.90. The molecular formula is C9H8N2O2. The lowest BCUT2D eigenvalue weighted by atomic mass is 10.3. The fraction of sp³-hybridized carbons (Fsp3) is 0.111. The van der Waals surface area contributed by atoms with Gasteiger partial charge in [-0.25, -0.2) is 4.98 Å². The first-order valence-corrected chi connectivity index (χ1v) is 3.83. The van der Waals surface area contributed by atoms with Crippen molar-refractivity contribution >= 4 is 11.0 Å². The number of nitrogens with one attached hydrogen (secondary N) is 1. The molecule has 0 radical (unpaired) electrons. The third-order valence-electron chi connectivity index (χ3n) is 1.79. The molecule has 1 N–H and O–H groups in total. The highest BCUT2D eigenvalue weighted by atomic mass is 16.5. The number of aromatic nitrogens is 2. The Morgan fingerprint density at radius 2 is 2.31 bits per heavy atom. The normalized spacial score (nSPS) is 10.2. The predicted octanol–water partition coefficient (Wildman–Crippen LogP) is 0.932. The van der Waals surface area contributed by atoms with Gasteiger partial charge in [0.15, 0.2) is 0 Å². The summed E-state index contributed by atoms with van der Waals surface area (Å²) >= 11 is 0. The molecule has 0 aliphatic heterocycles. The molecule has 0 amide bonds. The largest absolute Gasteiger partial charge is 0.494 e. The molecule has 0 saturated carbocycles. The van der Waals surface area contributed by atoms with Gasteiger partial charge in [-0.2, -0.15) is 0 Å². The first kappa shape index (κ1) is 7.79. The Kier molecular flexibility index (Phi) is 1.73. The topological polar surface area (TPSA) is 55.0 Å². The van der Waals surface area contributed by atoms with Gasteiger partial charge in [-0.3, -0.25) is 4.79 Å². The molecule has 2 aromatic rings. The van der Waals surface area contributed by atoms with E-state index in [0.717, 1.165) is 5.52 Å². The zero-order valence-corrected chi connectivity index (χ0v) is 7.07. The minimum atomic E-state index is -0.225. The number of hydrogen-bond acceptors (Lipinski definition) is 3. The van der Waals surface area contributed by atoms with Crippen molar-refractivity contribution in [2.75, 3.05) is 7.11 Å². The van der Waals surface area contributed by atoms with Crippen LogP contribution in [0.4, 0.5) is 0 Å². The average Bonchev–Trinajstić information content (AvgIpc) is 2.17. The molecule has 4 nitrogen and oxygen atoms in total. The van der Waals surface area contributed by atoms with Crippen LogP contribution in [0.3, 0.4) is 0 Å². The van der Waals surface area contributed by atoms with Crippen molar-refractivity contribution in [1.29, 1.82) is 0 Å². The molecule has 0 unspecified atom stereocenters. The van der Waals surface area contributed by atoms with E-state index in [4.69, 9.17) is 4.74 Å². The summed E-state index contributed by atoms with van der Waals surface area (Å²) in [5, 5.41) is 0. The maximum atomic E-state index is 11.0. The zero-order chi connectivity index (χ0) is 9.26. The molecule has 0 aliphatic carbocycles. The van der Waals surface area contributed by atoms with Crippen LogP contribution in [0.5, 0.6) is 5.75 Å². The van der Waals surface area contributed by atoms with E-state index in [1.807, 2.05) is 12.1 Å². The quantitative estimate of drug-likeness (QED) is 0.703. The molecule has 0 saturated heterocycles. The molecule has 1 aromatic carbocycles. The lowest BCUT2D eigenvalue weighted by Gasteiger charge is -2.02. The van der Waals surface area contributed by atoms with Crippen molar-refractivity contribution in [2.24, 2.45) is 0 Å². The second-order valence-electron chi connectivity index (χ2n) is 2.60. The Hall–Kier alpha value is -1.84. The Labute approximate surface area is 74.2 Å². The van der Waals surface area contributed by atoms with Gasteiger partial charge < -0.3 is 9.72 Å². The van der Waals surface area contributed by atoms with Gasteiger partial charge in [-0.1, -0.05) is 6.07 Å². The van der Waals surface area contributed by atoms with E-state index >= 15 is 0 Å². The van der Waals surface area contributed by atoms with E-state index < -0.39 is 0 Å². The molecular weight excluding hydrogens is 168 g/mol. The minimum absolute atomic E-state index is 0.225. The lowest BCUT2D eigenvalue weighted by Crippen LogP contribution is -2.05. The number of hydrogen-bond donors (Lipinski definition) is 1. The smallest absolute Gasteiger partial charge is 0.266 e. The van der Waals surface area contributed by atoms with E-state index in [-0.39, 0.29) is 5.56 Å². The van der Waals surface area contributed by atoms with Crippen molar-refractivity contribution in [2.45, 2.75) is 0 Å². The van der Waals surface area contributed by atoms with Crippen LogP contribution < -0.4 is 10.3 Å². The van der Waals surface area contributed by atoms with Gasteiger partial charge in [-0.15, -0.1) is 0 Å². The number of benzene rings is 1. The molecule has 1 heterocycles. The maximum absolute atomic E-state index is 11.0. The van der Waals surface area contributed by atoms with E-state index in [2.05, 4.69) is 9.97 Å². The molecule has 4 heteroatoms. The number of ether oxygens (including phenoxy) is 1. The third kappa shape index (κ3) is 1.26. The molecule has 2 rings (SSSR count). The monoisotopic (exact) mass is 176 g/mol. The van der Waals surface area contributed by atoms with Crippen molar-refractivity contribution in [1.82, 2.24) is 9.97 Å². The van der Waals surface area contributed by atoms with E-state index in [1.165, 1.54) is 6.20 Å². The molecule has 1 aromatic heterocycles. The number of rotatable bonds is 1. The van der Waals surface area contributed by atoms with Gasteiger partial charge in [0.1, 0.15) is 11.3 Å². The number of methoxy groups -OCH3 is 1. The third-order valence-corrected chi connectivity index (χ3v) is 1.79. The highest BCUT2D eigenvalue weighted by Crippen LogP contribution is 2.19. The number of nitrogens with zero attached hydrogens (tertiary/aromatic N) is 1. The molecule has 0 bridgehead atoms. The van der Waals surface area contributed by atoms with E-state index in [1.54, 1.807) is 13.2 Å². The number of para-hydroxylation sites is 1. The molecule has 0 atom stereocenters. The van der Waals surface area contributed by atoms with Gasteiger partial charge in [0, 0.05) is 0 Å². The molecule has 0 aliphatic rings. The summed E-state index contributed by atoms with van der Waals surface area (Å²) < 4.78 is 5.07. The fourth-order valence-electron chi connectivity index (χ4n) is 1.21. The summed E-state index contributed by atoms with van der Waals surface area (Å²) in [6.45, 7) is 0. The number of aromatic amines is 1. The van der Waals surface area contributed by atoms with Crippen LogP contribution in [0.2, 0.25) is 0 Å². The van der Waals surface area contributed by atoms with Gasteiger partial charge in [-0.05, 0) is 12.1 Å². The van der Waals surface area contributed by atoms with Gasteiger partial charge in [0.2, 0.25) is 0 Å². The van der Waals surface area contributed by atoms with Crippen molar-refractivity contribution in [3.8, 4) is 5.75 Å². The maximum Gasteiger partial charge on any atom is 0.266 e. The zero-order valence-electron chi connectivity index (χ0n) is 7.07. The van der Waals surface area contributed by atoms with Gasteiger partial charge in [0.25, 0.3) is 5.56 Å². The van der Waals surface area contributed by atoms with Crippen molar-refractivity contribution in [3.05, 3.63) is 34.7 Å². The van der Waals surface area contributed by atoms with Crippen LogP contribution in [0.25, 0.3) is 11.0 Å². The van der Waals surface area contributed by atoms with E-state index in [0.29, 0.717) is 11.3 Å². The summed E-state index contributed by atoms with van der Waals surface area (Å²) in [6.07, 6.45) is 1.25. The van der Waals surface area contributed by atoms with Crippen molar-refractivity contribution in [3.63, 3.8) is 0 Å². The summed E-state index contributed by atoms with van der Waals surface area (Å²) in [5.41, 5.74) is 1.13. The van der Waals surface area contributed by atoms with Crippen LogP contribution in [0, 0.1) is 0 Å². The SMILES string of the molecule is COc1cccc2ncc(=O)[nH]c12. The average molecular weight is 176 g/mol. The Morgan fingerprint density at radius 1 is 1.46 bits per heavy atom. The van der Waals surface area contributed by atoms with Crippen LogP contribution in [-0.2, 0) is 0 Å². The lowest BCUT2D eigenvalue weighted by molar-refractivity contribution is 0.418. The Balaban J connectivity index is 2.87. The predicted molar refractivity (Wildman–Crippen MR) is 48.9 cm³/mol. The highest BCUT2D eigenvalue weighted by Gasteiger charge is 2.01. The van der Waals surface area contributed by atoms with Crippen LogP contribution in [0.15, 0.2) is 29.2 Å². The minimum Gasteiger partial charge on any atom is -0.494 e. The van der Waals surface area contributed by atoms with Gasteiger partial charge in [0.05, 0.1) is 18.8 Å². The van der Waals surface area contributed by atoms with Gasteiger partial charge >= 0.3 is 0 Å². The van der Waals surface area contributed by atoms with Crippen LogP contribution in [0.1, 0.15) is 0 Å². The highest BCUT2D eigenvalue weighted by molar-refractivity contribution is 5.80. The standard InChI is InChI=1S/C9H8N2O2/c1-13-7-4-2-3-6-9(7)11-8(12)5-10-6/h2-5H,1H3,(H,11,12). The number of fused-ring (bicyclic) bond motifs is 1. The summed E-state index contributed by atoms with van der Waals surface area (Å²) in [7, 11) is 1.56.